The third kappa shape index (κ3) is 3.00. The van der Waals surface area contributed by atoms with Crippen LogP contribution < -0.4 is 15.6 Å². The van der Waals surface area contributed by atoms with Crippen LogP contribution in [0, 0.1) is 0 Å². The molecular weight excluding hydrogens is 282 g/mol. The zero-order chi connectivity index (χ0) is 15.5. The Labute approximate surface area is 127 Å². The predicted octanol–water partition coefficient (Wildman–Crippen LogP) is 1.59. The number of hydrogen-bond donors (Lipinski definition) is 2. The SMILES string of the molecule is CC(NC(=O)c1ccc2c(c1)CCCO2)c1nccc(=O)[nH]1. The van der Waals surface area contributed by atoms with Crippen molar-refractivity contribution >= 4 is 5.91 Å². The minimum absolute atomic E-state index is 0.202. The summed E-state index contributed by atoms with van der Waals surface area (Å²) in [6.45, 7) is 2.50. The van der Waals surface area contributed by atoms with Gasteiger partial charge in [0.15, 0.2) is 0 Å². The molecule has 6 heteroatoms. The zero-order valence-corrected chi connectivity index (χ0v) is 12.3. The summed E-state index contributed by atoms with van der Waals surface area (Å²) < 4.78 is 5.54. The van der Waals surface area contributed by atoms with Crippen molar-refractivity contribution in [3.05, 3.63) is 57.8 Å². The molecule has 1 aromatic carbocycles. The molecule has 2 N–H and O–H groups in total. The Morgan fingerprint density at radius 1 is 1.41 bits per heavy atom. The van der Waals surface area contributed by atoms with E-state index in [1.54, 1.807) is 13.0 Å². The van der Waals surface area contributed by atoms with E-state index in [1.807, 2.05) is 12.1 Å². The molecule has 2 heterocycles. The second-order valence-corrected chi connectivity index (χ2v) is 5.29. The Morgan fingerprint density at radius 2 is 2.27 bits per heavy atom. The lowest BCUT2D eigenvalue weighted by molar-refractivity contribution is 0.0938. The molecule has 1 aromatic heterocycles. The van der Waals surface area contributed by atoms with Crippen LogP contribution >= 0.6 is 0 Å². The Kier molecular flexibility index (Phi) is 3.91. The van der Waals surface area contributed by atoms with Gasteiger partial charge in [-0.05, 0) is 43.5 Å². The molecule has 1 amide bonds. The Hall–Kier alpha value is -2.63. The van der Waals surface area contributed by atoms with E-state index in [-0.39, 0.29) is 17.5 Å². The van der Waals surface area contributed by atoms with Gasteiger partial charge in [0.1, 0.15) is 11.6 Å². The molecule has 0 fully saturated rings. The van der Waals surface area contributed by atoms with Gasteiger partial charge in [0.05, 0.1) is 12.6 Å². The van der Waals surface area contributed by atoms with Crippen molar-refractivity contribution in [1.29, 1.82) is 0 Å². The number of nitrogens with zero attached hydrogens (tertiary/aromatic N) is 1. The number of nitrogens with one attached hydrogen (secondary N) is 2. The van der Waals surface area contributed by atoms with Gasteiger partial charge in [-0.25, -0.2) is 4.98 Å². The fraction of sp³-hybridized carbons (Fsp3) is 0.312. The second kappa shape index (κ2) is 6.01. The summed E-state index contributed by atoms with van der Waals surface area (Å²) >= 11 is 0. The highest BCUT2D eigenvalue weighted by atomic mass is 16.5. The average Bonchev–Trinajstić information content (AvgIpc) is 2.54. The Morgan fingerprint density at radius 3 is 3.09 bits per heavy atom. The Bertz CT molecular complexity index is 754. The summed E-state index contributed by atoms with van der Waals surface area (Å²) in [4.78, 5) is 30.3. The van der Waals surface area contributed by atoms with Crippen LogP contribution in [-0.4, -0.2) is 22.5 Å². The van der Waals surface area contributed by atoms with Crippen molar-refractivity contribution in [3.63, 3.8) is 0 Å². The summed E-state index contributed by atoms with van der Waals surface area (Å²) in [6, 6.07) is 6.39. The van der Waals surface area contributed by atoms with Gasteiger partial charge in [0.2, 0.25) is 0 Å². The number of aryl methyl sites for hydroxylation is 1. The minimum atomic E-state index is -0.381. The maximum absolute atomic E-state index is 12.3. The van der Waals surface area contributed by atoms with Crippen molar-refractivity contribution in [2.75, 3.05) is 6.61 Å². The quantitative estimate of drug-likeness (QED) is 0.901. The number of amides is 1. The van der Waals surface area contributed by atoms with Crippen molar-refractivity contribution in [3.8, 4) is 5.75 Å². The third-order valence-electron chi connectivity index (χ3n) is 3.62. The molecule has 6 nitrogen and oxygen atoms in total. The van der Waals surface area contributed by atoms with Crippen LogP contribution in [0.1, 0.15) is 41.1 Å². The van der Waals surface area contributed by atoms with E-state index in [2.05, 4.69) is 15.3 Å². The fourth-order valence-corrected chi connectivity index (χ4v) is 2.46. The van der Waals surface area contributed by atoms with Gasteiger partial charge < -0.3 is 15.0 Å². The highest BCUT2D eigenvalue weighted by Crippen LogP contribution is 2.25. The number of ether oxygens (including phenoxy) is 1. The summed E-state index contributed by atoms with van der Waals surface area (Å²) in [6.07, 6.45) is 3.30. The first-order valence-corrected chi connectivity index (χ1v) is 7.25. The van der Waals surface area contributed by atoms with Gasteiger partial charge in [-0.1, -0.05) is 0 Å². The molecule has 1 unspecified atom stereocenters. The molecule has 114 valence electrons. The van der Waals surface area contributed by atoms with E-state index in [4.69, 9.17) is 4.74 Å². The molecule has 0 saturated carbocycles. The largest absolute Gasteiger partial charge is 0.493 e. The minimum Gasteiger partial charge on any atom is -0.493 e. The van der Waals surface area contributed by atoms with Crippen molar-refractivity contribution in [2.24, 2.45) is 0 Å². The standard InChI is InChI=1S/C16H17N3O3/c1-10(15-17-7-6-14(20)19-15)18-16(21)12-4-5-13-11(9-12)3-2-8-22-13/h4-7,9-10H,2-3,8H2,1H3,(H,18,21)(H,17,19,20). The number of aromatic nitrogens is 2. The van der Waals surface area contributed by atoms with Crippen LogP contribution in [0.25, 0.3) is 0 Å². The van der Waals surface area contributed by atoms with E-state index in [0.29, 0.717) is 11.4 Å². The van der Waals surface area contributed by atoms with Crippen LogP contribution in [0.5, 0.6) is 5.75 Å². The first-order valence-electron chi connectivity index (χ1n) is 7.25. The van der Waals surface area contributed by atoms with Gasteiger partial charge in [-0.2, -0.15) is 0 Å². The summed E-state index contributed by atoms with van der Waals surface area (Å²) in [5, 5.41) is 2.83. The van der Waals surface area contributed by atoms with E-state index < -0.39 is 0 Å². The first kappa shape index (κ1) is 14.3. The maximum Gasteiger partial charge on any atom is 0.251 e. The lowest BCUT2D eigenvalue weighted by atomic mass is 10.0. The summed E-state index contributed by atoms with van der Waals surface area (Å²) in [7, 11) is 0. The molecule has 1 aliphatic rings. The van der Waals surface area contributed by atoms with Crippen molar-refractivity contribution in [2.45, 2.75) is 25.8 Å². The van der Waals surface area contributed by atoms with Crippen LogP contribution in [0.4, 0.5) is 0 Å². The predicted molar refractivity (Wildman–Crippen MR) is 81.0 cm³/mol. The maximum atomic E-state index is 12.3. The van der Waals surface area contributed by atoms with Crippen LogP contribution in [-0.2, 0) is 6.42 Å². The molecule has 0 aliphatic carbocycles. The number of hydrogen-bond acceptors (Lipinski definition) is 4. The number of fused-ring (bicyclic) bond motifs is 1. The van der Waals surface area contributed by atoms with E-state index in [9.17, 15) is 9.59 Å². The molecular formula is C16H17N3O3. The van der Waals surface area contributed by atoms with Gasteiger partial charge in [0.25, 0.3) is 11.5 Å². The molecule has 0 spiro atoms. The summed E-state index contributed by atoms with van der Waals surface area (Å²) in [5.41, 5.74) is 1.39. The zero-order valence-electron chi connectivity index (χ0n) is 12.3. The lowest BCUT2D eigenvalue weighted by Gasteiger charge is -2.18. The van der Waals surface area contributed by atoms with Gasteiger partial charge in [0, 0.05) is 17.8 Å². The third-order valence-corrected chi connectivity index (χ3v) is 3.62. The average molecular weight is 299 g/mol. The van der Waals surface area contributed by atoms with E-state index >= 15 is 0 Å². The number of aromatic amines is 1. The van der Waals surface area contributed by atoms with Crippen LogP contribution in [0.3, 0.4) is 0 Å². The first-order chi connectivity index (χ1) is 10.6. The van der Waals surface area contributed by atoms with E-state index in [1.165, 1.54) is 12.3 Å². The molecule has 0 radical (unpaired) electrons. The molecule has 3 rings (SSSR count). The smallest absolute Gasteiger partial charge is 0.251 e. The number of carbonyl (C=O) groups is 1. The number of rotatable bonds is 3. The highest BCUT2D eigenvalue weighted by molar-refractivity contribution is 5.94. The normalized spacial score (nSPS) is 14.6. The second-order valence-electron chi connectivity index (χ2n) is 5.29. The van der Waals surface area contributed by atoms with Gasteiger partial charge >= 0.3 is 0 Å². The molecule has 2 aromatic rings. The topological polar surface area (TPSA) is 84.1 Å². The van der Waals surface area contributed by atoms with Crippen LogP contribution in [0.15, 0.2) is 35.3 Å². The van der Waals surface area contributed by atoms with Crippen molar-refractivity contribution < 1.29 is 9.53 Å². The monoisotopic (exact) mass is 299 g/mol. The Balaban J connectivity index is 1.75. The number of carbonyl (C=O) groups excluding carboxylic acids is 1. The molecule has 1 aliphatic heterocycles. The molecule has 0 bridgehead atoms. The summed E-state index contributed by atoms with van der Waals surface area (Å²) in [5.74, 6) is 1.08. The van der Waals surface area contributed by atoms with Gasteiger partial charge in [-0.3, -0.25) is 9.59 Å². The van der Waals surface area contributed by atoms with Crippen LogP contribution in [0.2, 0.25) is 0 Å². The van der Waals surface area contributed by atoms with Gasteiger partial charge in [-0.15, -0.1) is 0 Å². The van der Waals surface area contributed by atoms with Crippen molar-refractivity contribution in [1.82, 2.24) is 15.3 Å². The molecule has 1 atom stereocenters. The molecule has 22 heavy (non-hydrogen) atoms. The highest BCUT2D eigenvalue weighted by Gasteiger charge is 2.16. The number of benzene rings is 1. The lowest BCUT2D eigenvalue weighted by Crippen LogP contribution is -2.29. The number of H-pyrrole nitrogens is 1. The fourth-order valence-electron chi connectivity index (χ4n) is 2.46. The molecule has 0 saturated heterocycles. The van der Waals surface area contributed by atoms with E-state index in [0.717, 1.165) is 30.8 Å².